The van der Waals surface area contributed by atoms with Crippen LogP contribution in [0.25, 0.3) is 0 Å². The fourth-order valence-corrected chi connectivity index (χ4v) is 2.29. The molecule has 1 aliphatic rings. The van der Waals surface area contributed by atoms with E-state index >= 15 is 0 Å². The first kappa shape index (κ1) is 12.1. The number of hydrogen-bond donors (Lipinski definition) is 1. The van der Waals surface area contributed by atoms with Gasteiger partial charge >= 0.3 is 5.88 Å². The van der Waals surface area contributed by atoms with Gasteiger partial charge in [-0.15, -0.1) is 0 Å². The summed E-state index contributed by atoms with van der Waals surface area (Å²) >= 11 is 0. The maximum atomic E-state index is 10.4. The third-order valence-electron chi connectivity index (χ3n) is 2.96. The van der Waals surface area contributed by atoms with Crippen LogP contribution in [0.3, 0.4) is 0 Å². The number of likely N-dealkylation sites (tertiary alicyclic amines) is 1. The first-order valence-corrected chi connectivity index (χ1v) is 5.70. The molecule has 0 bridgehead atoms. The van der Waals surface area contributed by atoms with Gasteiger partial charge < -0.3 is 9.52 Å². The molecule has 94 valence electrons. The highest BCUT2D eigenvalue weighted by molar-refractivity contribution is 5.18. The molecule has 1 N–H and O–H groups in total. The first-order valence-electron chi connectivity index (χ1n) is 5.70. The molecule has 0 saturated carbocycles. The molecule has 0 spiro atoms. The van der Waals surface area contributed by atoms with E-state index < -0.39 is 10.5 Å². The molecule has 0 radical (unpaired) electrons. The lowest BCUT2D eigenvalue weighted by Gasteiger charge is -2.46. The third kappa shape index (κ3) is 2.65. The van der Waals surface area contributed by atoms with Crippen molar-refractivity contribution in [1.29, 1.82) is 0 Å². The predicted molar refractivity (Wildman–Crippen MR) is 60.5 cm³/mol. The quantitative estimate of drug-likeness (QED) is 0.623. The summed E-state index contributed by atoms with van der Waals surface area (Å²) in [4.78, 5) is 11.9. The second kappa shape index (κ2) is 4.46. The number of aliphatic hydroxyl groups is 1. The van der Waals surface area contributed by atoms with E-state index in [-0.39, 0.29) is 5.88 Å². The minimum atomic E-state index is -0.576. The van der Waals surface area contributed by atoms with Crippen LogP contribution in [0.4, 0.5) is 5.88 Å². The molecule has 17 heavy (non-hydrogen) atoms. The topological polar surface area (TPSA) is 79.8 Å². The van der Waals surface area contributed by atoms with E-state index in [4.69, 9.17) is 4.42 Å². The van der Waals surface area contributed by atoms with E-state index in [0.717, 1.165) is 12.8 Å². The highest BCUT2D eigenvalue weighted by Crippen LogP contribution is 2.28. The van der Waals surface area contributed by atoms with Crippen molar-refractivity contribution < 1.29 is 14.4 Å². The summed E-state index contributed by atoms with van der Waals surface area (Å²) in [6.45, 7) is 3.76. The number of nitro groups is 1. The summed E-state index contributed by atoms with van der Waals surface area (Å²) in [5.41, 5.74) is -0.576. The summed E-state index contributed by atoms with van der Waals surface area (Å²) in [5, 5.41) is 20.4. The summed E-state index contributed by atoms with van der Waals surface area (Å²) < 4.78 is 5.06. The van der Waals surface area contributed by atoms with E-state index in [1.807, 2.05) is 11.8 Å². The van der Waals surface area contributed by atoms with Crippen LogP contribution in [0.15, 0.2) is 16.5 Å². The Balaban J connectivity index is 1.85. The van der Waals surface area contributed by atoms with Gasteiger partial charge in [0.2, 0.25) is 0 Å². The van der Waals surface area contributed by atoms with Crippen LogP contribution < -0.4 is 0 Å². The smallest absolute Gasteiger partial charge is 0.404 e. The summed E-state index contributed by atoms with van der Waals surface area (Å²) in [6.07, 6.45) is 1.75. The lowest BCUT2D eigenvalue weighted by molar-refractivity contribution is -0.402. The molecule has 0 aliphatic carbocycles. The highest BCUT2D eigenvalue weighted by Gasteiger charge is 2.40. The van der Waals surface area contributed by atoms with Gasteiger partial charge in [-0.05, 0) is 12.5 Å². The molecule has 1 aromatic rings. The Hall–Kier alpha value is -1.40. The molecule has 1 aliphatic heterocycles. The van der Waals surface area contributed by atoms with Crippen LogP contribution in [-0.4, -0.2) is 33.6 Å². The summed E-state index contributed by atoms with van der Waals surface area (Å²) in [5.74, 6) is 0.333. The molecule has 1 aromatic heterocycles. The van der Waals surface area contributed by atoms with Gasteiger partial charge in [0.1, 0.15) is 10.7 Å². The zero-order chi connectivity index (χ0) is 12.5. The van der Waals surface area contributed by atoms with Crippen molar-refractivity contribution in [3.05, 3.63) is 28.0 Å². The average molecular weight is 240 g/mol. The van der Waals surface area contributed by atoms with Crippen LogP contribution in [-0.2, 0) is 6.54 Å². The normalized spacial score (nSPS) is 18.9. The Labute approximate surface area is 99.0 Å². The van der Waals surface area contributed by atoms with E-state index in [0.29, 0.717) is 25.4 Å². The Bertz CT molecular complexity index is 409. The third-order valence-corrected chi connectivity index (χ3v) is 2.96. The van der Waals surface area contributed by atoms with Crippen molar-refractivity contribution in [2.45, 2.75) is 31.9 Å². The SMILES string of the molecule is CCCC1(O)CN(Cc2ccc([N+](=O)[O-])o2)C1. The molecule has 6 heteroatoms. The van der Waals surface area contributed by atoms with E-state index in [2.05, 4.69) is 0 Å². The van der Waals surface area contributed by atoms with E-state index in [1.54, 1.807) is 6.07 Å². The van der Waals surface area contributed by atoms with Crippen molar-refractivity contribution in [1.82, 2.24) is 4.90 Å². The molecule has 6 nitrogen and oxygen atoms in total. The zero-order valence-electron chi connectivity index (χ0n) is 9.76. The molecule has 1 saturated heterocycles. The minimum absolute atomic E-state index is 0.232. The van der Waals surface area contributed by atoms with Gasteiger partial charge in [0, 0.05) is 13.1 Å². The number of furan rings is 1. The van der Waals surface area contributed by atoms with Gasteiger partial charge in [-0.3, -0.25) is 15.0 Å². The second-order valence-electron chi connectivity index (χ2n) is 4.62. The van der Waals surface area contributed by atoms with Gasteiger partial charge in [-0.25, -0.2) is 0 Å². The lowest BCUT2D eigenvalue weighted by atomic mass is 9.89. The van der Waals surface area contributed by atoms with Crippen LogP contribution in [0.1, 0.15) is 25.5 Å². The number of nitrogens with zero attached hydrogens (tertiary/aromatic N) is 2. The van der Waals surface area contributed by atoms with Gasteiger partial charge in [0.25, 0.3) is 0 Å². The molecule has 0 aromatic carbocycles. The standard InChI is InChI=1S/C11H16N2O4/c1-2-5-11(14)7-12(8-11)6-9-3-4-10(17-9)13(15)16/h3-4,14H,2,5-8H2,1H3. The number of hydrogen-bond acceptors (Lipinski definition) is 5. The highest BCUT2D eigenvalue weighted by atomic mass is 16.6. The zero-order valence-corrected chi connectivity index (χ0v) is 9.76. The van der Waals surface area contributed by atoms with Gasteiger partial charge in [-0.2, -0.15) is 0 Å². The molecule has 2 rings (SSSR count). The maximum absolute atomic E-state index is 10.4. The summed E-state index contributed by atoms with van der Waals surface area (Å²) in [6, 6.07) is 2.96. The second-order valence-corrected chi connectivity index (χ2v) is 4.62. The van der Waals surface area contributed by atoms with Crippen molar-refractivity contribution in [3.8, 4) is 0 Å². The average Bonchev–Trinajstić information content (AvgIpc) is 2.64. The molecule has 1 fully saturated rings. The first-order chi connectivity index (χ1) is 8.02. The largest absolute Gasteiger partial charge is 0.433 e. The van der Waals surface area contributed by atoms with Gasteiger partial charge in [0.05, 0.1) is 18.2 Å². The Kier molecular flexibility index (Phi) is 3.17. The van der Waals surface area contributed by atoms with E-state index in [9.17, 15) is 15.2 Å². The van der Waals surface area contributed by atoms with Crippen LogP contribution in [0.5, 0.6) is 0 Å². The maximum Gasteiger partial charge on any atom is 0.433 e. The van der Waals surface area contributed by atoms with Crippen molar-refractivity contribution in [2.75, 3.05) is 13.1 Å². The van der Waals surface area contributed by atoms with Crippen LogP contribution >= 0.6 is 0 Å². The Morgan fingerprint density at radius 2 is 2.29 bits per heavy atom. The molecule has 0 atom stereocenters. The minimum Gasteiger partial charge on any atom is -0.404 e. The van der Waals surface area contributed by atoms with Crippen LogP contribution in [0, 0.1) is 10.1 Å². The van der Waals surface area contributed by atoms with E-state index in [1.165, 1.54) is 6.07 Å². The fraction of sp³-hybridized carbons (Fsp3) is 0.636. The molecule has 2 heterocycles. The lowest BCUT2D eigenvalue weighted by Crippen LogP contribution is -2.60. The van der Waals surface area contributed by atoms with Crippen molar-refractivity contribution in [3.63, 3.8) is 0 Å². The fourth-order valence-electron chi connectivity index (χ4n) is 2.29. The van der Waals surface area contributed by atoms with Crippen molar-refractivity contribution >= 4 is 5.88 Å². The Morgan fingerprint density at radius 1 is 1.59 bits per heavy atom. The molecule has 0 amide bonds. The molecular formula is C11H16N2O4. The monoisotopic (exact) mass is 240 g/mol. The molecular weight excluding hydrogens is 224 g/mol. The molecule has 0 unspecified atom stereocenters. The van der Waals surface area contributed by atoms with Gasteiger partial charge in [-0.1, -0.05) is 13.3 Å². The number of β-amino-alcohol motifs (C(OH)–C–C–N with tert-alkyl or cyclic N) is 1. The number of rotatable bonds is 5. The van der Waals surface area contributed by atoms with Crippen molar-refractivity contribution in [2.24, 2.45) is 0 Å². The van der Waals surface area contributed by atoms with Crippen LogP contribution in [0.2, 0.25) is 0 Å². The predicted octanol–water partition coefficient (Wildman–Crippen LogP) is 1.53. The Morgan fingerprint density at radius 3 is 2.82 bits per heavy atom. The van der Waals surface area contributed by atoms with Gasteiger partial charge in [0.15, 0.2) is 0 Å². The summed E-state index contributed by atoms with van der Waals surface area (Å²) in [7, 11) is 0.